The molecule has 0 saturated carbocycles. The lowest BCUT2D eigenvalue weighted by Crippen LogP contribution is -2.30. The number of rotatable bonds is 5. The van der Waals surface area contributed by atoms with Crippen LogP contribution in [0.15, 0.2) is 36.4 Å². The number of carbonyl (C=O) groups excluding carboxylic acids is 2. The van der Waals surface area contributed by atoms with E-state index in [2.05, 4.69) is 5.32 Å². The molecule has 0 bridgehead atoms. The number of hydrogen-bond donors (Lipinski definition) is 4. The van der Waals surface area contributed by atoms with Gasteiger partial charge in [-0.05, 0) is 5.56 Å². The SMILES string of the molecule is O=C(NCC(=O)c1cc(O)n(O)c1O)OCc1ccccc1. The Morgan fingerprint density at radius 3 is 2.45 bits per heavy atom. The molecular weight excluding hydrogens is 292 g/mol. The van der Waals surface area contributed by atoms with Crippen LogP contribution in [0.25, 0.3) is 0 Å². The highest BCUT2D eigenvalue weighted by Crippen LogP contribution is 2.25. The minimum absolute atomic E-state index is 0.0555. The Kier molecular flexibility index (Phi) is 4.52. The normalized spacial score (nSPS) is 10.2. The highest BCUT2D eigenvalue weighted by Gasteiger charge is 2.20. The average Bonchev–Trinajstić information content (AvgIpc) is 2.79. The molecule has 0 saturated heterocycles. The summed E-state index contributed by atoms with van der Waals surface area (Å²) in [5.74, 6) is -2.19. The van der Waals surface area contributed by atoms with Gasteiger partial charge in [-0.3, -0.25) is 4.79 Å². The van der Waals surface area contributed by atoms with Crippen molar-refractivity contribution in [3.63, 3.8) is 0 Å². The van der Waals surface area contributed by atoms with Crippen molar-refractivity contribution in [1.29, 1.82) is 0 Å². The molecule has 1 aromatic heterocycles. The van der Waals surface area contributed by atoms with Gasteiger partial charge in [0.25, 0.3) is 0 Å². The summed E-state index contributed by atoms with van der Waals surface area (Å²) in [5.41, 5.74) is 0.479. The third-order valence-electron chi connectivity index (χ3n) is 2.84. The first kappa shape index (κ1) is 15.2. The molecule has 0 unspecified atom stereocenters. The third kappa shape index (κ3) is 3.48. The first-order valence-electron chi connectivity index (χ1n) is 6.29. The summed E-state index contributed by atoms with van der Waals surface area (Å²) in [6.07, 6.45) is -0.802. The van der Waals surface area contributed by atoms with Crippen LogP contribution in [-0.2, 0) is 11.3 Å². The number of ether oxygens (including phenoxy) is 1. The van der Waals surface area contributed by atoms with Gasteiger partial charge in [0.05, 0.1) is 12.1 Å². The number of Topliss-reactive ketones (excluding diaryl/α,β-unsaturated/α-hetero) is 1. The maximum absolute atomic E-state index is 11.7. The molecule has 1 amide bonds. The lowest BCUT2D eigenvalue weighted by atomic mass is 10.2. The standard InChI is InChI=1S/C14H14N2O6/c17-11(10-6-12(18)16(21)13(10)19)7-15-14(20)22-8-9-4-2-1-3-5-9/h1-6,18-19,21H,7-8H2,(H,15,20). The first-order chi connectivity index (χ1) is 10.5. The fraction of sp³-hybridized carbons (Fsp3) is 0.143. The van der Waals surface area contributed by atoms with Crippen LogP contribution in [-0.4, -0.2) is 38.6 Å². The van der Waals surface area contributed by atoms with Gasteiger partial charge >= 0.3 is 6.09 Å². The van der Waals surface area contributed by atoms with E-state index in [1.807, 2.05) is 6.07 Å². The summed E-state index contributed by atoms with van der Waals surface area (Å²) in [6, 6.07) is 9.88. The Bertz CT molecular complexity index is 680. The number of benzene rings is 1. The van der Waals surface area contributed by atoms with Crippen molar-refractivity contribution in [2.24, 2.45) is 0 Å². The second-order valence-corrected chi connectivity index (χ2v) is 4.39. The minimum Gasteiger partial charge on any atom is -0.492 e. The number of carbonyl (C=O) groups is 2. The zero-order valence-corrected chi connectivity index (χ0v) is 11.4. The molecule has 2 rings (SSSR count). The molecule has 8 heteroatoms. The molecular formula is C14H14N2O6. The molecule has 8 nitrogen and oxygen atoms in total. The highest BCUT2D eigenvalue weighted by atomic mass is 16.5. The Hall–Kier alpha value is -3.16. The quantitative estimate of drug-likeness (QED) is 0.487. The number of alkyl carbamates (subject to hydrolysis) is 1. The van der Waals surface area contributed by atoms with Crippen LogP contribution < -0.4 is 5.32 Å². The molecule has 116 valence electrons. The third-order valence-corrected chi connectivity index (χ3v) is 2.84. The van der Waals surface area contributed by atoms with E-state index in [9.17, 15) is 14.7 Å². The van der Waals surface area contributed by atoms with Crippen LogP contribution in [0, 0.1) is 0 Å². The Morgan fingerprint density at radius 1 is 1.18 bits per heavy atom. The van der Waals surface area contributed by atoms with Crippen molar-refractivity contribution in [2.75, 3.05) is 6.54 Å². The van der Waals surface area contributed by atoms with Crippen LogP contribution in [0.4, 0.5) is 4.79 Å². The summed E-state index contributed by atoms with van der Waals surface area (Å²) < 4.78 is 4.96. The van der Waals surface area contributed by atoms with Gasteiger partial charge in [0.1, 0.15) is 6.61 Å². The molecule has 0 aliphatic heterocycles. The highest BCUT2D eigenvalue weighted by molar-refractivity contribution is 6.01. The molecule has 0 radical (unpaired) electrons. The molecule has 4 N–H and O–H groups in total. The van der Waals surface area contributed by atoms with E-state index in [4.69, 9.17) is 15.1 Å². The summed E-state index contributed by atoms with van der Waals surface area (Å²) in [4.78, 5) is 23.2. The van der Waals surface area contributed by atoms with Gasteiger partial charge in [-0.2, -0.15) is 0 Å². The summed E-state index contributed by atoms with van der Waals surface area (Å²) >= 11 is 0. The number of nitrogens with zero attached hydrogens (tertiary/aromatic N) is 1. The predicted molar refractivity (Wildman–Crippen MR) is 73.9 cm³/mol. The van der Waals surface area contributed by atoms with Gasteiger partial charge in [-0.15, -0.1) is 4.73 Å². The van der Waals surface area contributed by atoms with Crippen molar-refractivity contribution in [1.82, 2.24) is 10.0 Å². The van der Waals surface area contributed by atoms with E-state index in [0.717, 1.165) is 11.6 Å². The van der Waals surface area contributed by atoms with Crippen molar-refractivity contribution in [3.8, 4) is 11.8 Å². The van der Waals surface area contributed by atoms with Gasteiger partial charge in [0, 0.05) is 6.07 Å². The molecule has 0 aliphatic carbocycles. The predicted octanol–water partition coefficient (Wildman–Crippen LogP) is 1.25. The fourth-order valence-electron chi connectivity index (χ4n) is 1.70. The second-order valence-electron chi connectivity index (χ2n) is 4.39. The van der Waals surface area contributed by atoms with Gasteiger partial charge in [0.2, 0.25) is 11.8 Å². The van der Waals surface area contributed by atoms with E-state index in [-0.39, 0.29) is 16.9 Å². The second kappa shape index (κ2) is 6.53. The topological polar surface area (TPSA) is 121 Å². The summed E-state index contributed by atoms with van der Waals surface area (Å²) in [7, 11) is 0. The van der Waals surface area contributed by atoms with E-state index >= 15 is 0 Å². The van der Waals surface area contributed by atoms with Crippen LogP contribution in [0.3, 0.4) is 0 Å². The molecule has 0 aliphatic rings. The summed E-state index contributed by atoms with van der Waals surface area (Å²) in [5, 5.41) is 29.9. The molecule has 22 heavy (non-hydrogen) atoms. The summed E-state index contributed by atoms with van der Waals surface area (Å²) in [6.45, 7) is -0.398. The van der Waals surface area contributed by atoms with Crippen molar-refractivity contribution in [2.45, 2.75) is 6.61 Å². The van der Waals surface area contributed by atoms with Crippen LogP contribution in [0.2, 0.25) is 0 Å². The molecule has 0 atom stereocenters. The Morgan fingerprint density at radius 2 is 1.86 bits per heavy atom. The average molecular weight is 306 g/mol. The van der Waals surface area contributed by atoms with Crippen molar-refractivity contribution >= 4 is 11.9 Å². The lowest BCUT2D eigenvalue weighted by molar-refractivity contribution is 0.0962. The number of aromatic hydroxyl groups is 2. The van der Waals surface area contributed by atoms with E-state index in [0.29, 0.717) is 0 Å². The molecule has 0 spiro atoms. The van der Waals surface area contributed by atoms with Gasteiger partial charge in [-0.1, -0.05) is 30.3 Å². The van der Waals surface area contributed by atoms with E-state index in [1.165, 1.54) is 0 Å². The maximum atomic E-state index is 11.7. The number of nitrogens with one attached hydrogen (secondary N) is 1. The van der Waals surface area contributed by atoms with Gasteiger partial charge < -0.3 is 25.5 Å². The molecule has 1 heterocycles. The van der Waals surface area contributed by atoms with Crippen molar-refractivity contribution in [3.05, 3.63) is 47.5 Å². The molecule has 1 aromatic carbocycles. The Balaban J connectivity index is 1.83. The van der Waals surface area contributed by atoms with E-state index in [1.54, 1.807) is 24.3 Å². The monoisotopic (exact) mass is 306 g/mol. The van der Waals surface area contributed by atoms with Gasteiger partial charge in [-0.25, -0.2) is 4.79 Å². The number of ketones is 1. The van der Waals surface area contributed by atoms with E-state index < -0.39 is 30.2 Å². The van der Waals surface area contributed by atoms with Crippen molar-refractivity contribution < 1.29 is 29.7 Å². The first-order valence-corrected chi connectivity index (χ1v) is 6.29. The largest absolute Gasteiger partial charge is 0.492 e. The van der Waals surface area contributed by atoms with Crippen LogP contribution >= 0.6 is 0 Å². The minimum atomic E-state index is -0.804. The fourth-order valence-corrected chi connectivity index (χ4v) is 1.70. The number of hydrogen-bond acceptors (Lipinski definition) is 6. The van der Waals surface area contributed by atoms with Gasteiger partial charge in [0.15, 0.2) is 5.78 Å². The van der Waals surface area contributed by atoms with Crippen LogP contribution in [0.1, 0.15) is 15.9 Å². The smallest absolute Gasteiger partial charge is 0.407 e. The van der Waals surface area contributed by atoms with Crippen LogP contribution in [0.5, 0.6) is 11.8 Å². The molecule has 0 fully saturated rings. The number of amides is 1. The zero-order valence-electron chi connectivity index (χ0n) is 11.4. The lowest BCUT2D eigenvalue weighted by Gasteiger charge is -2.06. The Labute approximate surface area is 125 Å². The molecule has 2 aromatic rings. The number of aromatic nitrogens is 1. The zero-order chi connectivity index (χ0) is 16.1. The maximum Gasteiger partial charge on any atom is 0.407 e.